The summed E-state index contributed by atoms with van der Waals surface area (Å²) in [6.07, 6.45) is 2.32. The molecule has 0 bridgehead atoms. The Morgan fingerprint density at radius 2 is 1.89 bits per heavy atom. The lowest BCUT2D eigenvalue weighted by Gasteiger charge is -2.12. The zero-order valence-corrected chi connectivity index (χ0v) is 11.4. The van der Waals surface area contributed by atoms with Crippen molar-refractivity contribution in [2.24, 2.45) is 0 Å². The zero-order chi connectivity index (χ0) is 14.1. The van der Waals surface area contributed by atoms with E-state index in [1.54, 1.807) is 0 Å². The van der Waals surface area contributed by atoms with Gasteiger partial charge in [-0.3, -0.25) is 4.79 Å². The molecule has 3 N–H and O–H groups in total. The van der Waals surface area contributed by atoms with Crippen molar-refractivity contribution < 1.29 is 15.0 Å². The molecule has 1 atom stereocenters. The molecule has 19 heavy (non-hydrogen) atoms. The molecule has 0 fully saturated rings. The monoisotopic (exact) mass is 265 g/mol. The molecule has 1 aromatic carbocycles. The Balaban J connectivity index is 2.09. The van der Waals surface area contributed by atoms with Gasteiger partial charge in [-0.2, -0.15) is 0 Å². The molecule has 4 nitrogen and oxygen atoms in total. The van der Waals surface area contributed by atoms with Crippen LogP contribution in [0.2, 0.25) is 0 Å². The number of aliphatic hydroxyl groups excluding tert-OH is 1. The Hall–Kier alpha value is -1.39. The molecule has 0 radical (unpaired) electrons. The number of carboxylic acids is 1. The van der Waals surface area contributed by atoms with Gasteiger partial charge in [0.15, 0.2) is 0 Å². The first-order valence-electron chi connectivity index (χ1n) is 6.76. The third-order valence-corrected chi connectivity index (χ3v) is 3.04. The van der Waals surface area contributed by atoms with Gasteiger partial charge in [0, 0.05) is 13.0 Å². The Kier molecular flexibility index (Phi) is 7.15. The summed E-state index contributed by atoms with van der Waals surface area (Å²) >= 11 is 0. The number of benzene rings is 1. The van der Waals surface area contributed by atoms with Gasteiger partial charge >= 0.3 is 5.97 Å². The van der Waals surface area contributed by atoms with Crippen LogP contribution in [0.4, 0.5) is 0 Å². The Morgan fingerprint density at radius 3 is 2.53 bits per heavy atom. The molecule has 106 valence electrons. The fraction of sp³-hybridized carbons (Fsp3) is 0.533. The summed E-state index contributed by atoms with van der Waals surface area (Å²) in [7, 11) is 0. The number of hydrogen-bond acceptors (Lipinski definition) is 3. The molecule has 0 aromatic heterocycles. The SMILES string of the molecule is Cc1ccc(C(O)CNCCCCCC(=O)O)cc1. The number of aliphatic carboxylic acids is 1. The van der Waals surface area contributed by atoms with Crippen LogP contribution in [0.25, 0.3) is 0 Å². The molecule has 0 amide bonds. The first-order valence-corrected chi connectivity index (χ1v) is 6.76. The van der Waals surface area contributed by atoms with Crippen LogP contribution in [0.3, 0.4) is 0 Å². The van der Waals surface area contributed by atoms with Gasteiger partial charge in [0.1, 0.15) is 0 Å². The third kappa shape index (κ3) is 6.94. The molecule has 0 spiro atoms. The van der Waals surface area contributed by atoms with Crippen LogP contribution >= 0.6 is 0 Å². The topological polar surface area (TPSA) is 69.6 Å². The summed E-state index contributed by atoms with van der Waals surface area (Å²) in [6, 6.07) is 7.86. The minimum atomic E-state index is -0.734. The van der Waals surface area contributed by atoms with Gasteiger partial charge in [-0.25, -0.2) is 0 Å². The summed E-state index contributed by atoms with van der Waals surface area (Å²) in [5, 5.41) is 21.6. The maximum atomic E-state index is 10.3. The second kappa shape index (κ2) is 8.67. The summed E-state index contributed by atoms with van der Waals surface area (Å²) in [6.45, 7) is 3.36. The van der Waals surface area contributed by atoms with E-state index in [2.05, 4.69) is 5.32 Å². The second-order valence-corrected chi connectivity index (χ2v) is 4.84. The van der Waals surface area contributed by atoms with Crippen molar-refractivity contribution in [3.05, 3.63) is 35.4 Å². The predicted molar refractivity (Wildman–Crippen MR) is 75.1 cm³/mol. The Labute approximate surface area is 114 Å². The molecule has 1 aromatic rings. The molecule has 0 saturated carbocycles. The van der Waals surface area contributed by atoms with Gasteiger partial charge < -0.3 is 15.5 Å². The van der Waals surface area contributed by atoms with Crippen molar-refractivity contribution in [2.45, 2.75) is 38.7 Å². The van der Waals surface area contributed by atoms with Crippen LogP contribution in [0, 0.1) is 6.92 Å². The average Bonchev–Trinajstić information content (AvgIpc) is 2.38. The number of carboxylic acid groups (broad SMARTS) is 1. The third-order valence-electron chi connectivity index (χ3n) is 3.04. The molecule has 1 rings (SSSR count). The highest BCUT2D eigenvalue weighted by molar-refractivity contribution is 5.66. The molecule has 0 aliphatic carbocycles. The highest BCUT2D eigenvalue weighted by atomic mass is 16.4. The van der Waals surface area contributed by atoms with Crippen molar-refractivity contribution in [3.8, 4) is 0 Å². The number of aryl methyl sites for hydroxylation is 1. The lowest BCUT2D eigenvalue weighted by Crippen LogP contribution is -2.22. The van der Waals surface area contributed by atoms with Gasteiger partial charge in [-0.05, 0) is 31.9 Å². The number of unbranched alkanes of at least 4 members (excludes halogenated alkanes) is 2. The van der Waals surface area contributed by atoms with E-state index in [-0.39, 0.29) is 6.42 Å². The maximum Gasteiger partial charge on any atom is 0.303 e. The van der Waals surface area contributed by atoms with E-state index in [1.807, 2.05) is 31.2 Å². The molecule has 0 heterocycles. The Morgan fingerprint density at radius 1 is 1.21 bits per heavy atom. The number of carbonyl (C=O) groups is 1. The number of aliphatic hydroxyl groups is 1. The van der Waals surface area contributed by atoms with Crippen LogP contribution in [0.15, 0.2) is 24.3 Å². The fourth-order valence-electron chi connectivity index (χ4n) is 1.85. The number of rotatable bonds is 9. The van der Waals surface area contributed by atoms with E-state index in [9.17, 15) is 9.90 Å². The summed E-state index contributed by atoms with van der Waals surface area (Å²) in [5.41, 5.74) is 2.10. The van der Waals surface area contributed by atoms with E-state index in [0.717, 1.165) is 31.4 Å². The smallest absolute Gasteiger partial charge is 0.303 e. The summed E-state index contributed by atoms with van der Waals surface area (Å²) < 4.78 is 0. The first-order chi connectivity index (χ1) is 9.09. The van der Waals surface area contributed by atoms with Gasteiger partial charge in [-0.1, -0.05) is 36.2 Å². The molecule has 0 saturated heterocycles. The van der Waals surface area contributed by atoms with Crippen LogP contribution < -0.4 is 5.32 Å². The quantitative estimate of drug-likeness (QED) is 0.599. The molecular weight excluding hydrogens is 242 g/mol. The molecule has 0 aliphatic heterocycles. The second-order valence-electron chi connectivity index (χ2n) is 4.84. The zero-order valence-electron chi connectivity index (χ0n) is 11.4. The molecule has 4 heteroatoms. The van der Waals surface area contributed by atoms with Gasteiger partial charge in [-0.15, -0.1) is 0 Å². The summed E-state index contributed by atoms with van der Waals surface area (Å²) in [5.74, 6) is -0.734. The molecular formula is C15H23NO3. The largest absolute Gasteiger partial charge is 0.481 e. The van der Waals surface area contributed by atoms with Crippen LogP contribution in [-0.4, -0.2) is 29.3 Å². The highest BCUT2D eigenvalue weighted by Gasteiger charge is 2.05. The molecule has 1 unspecified atom stereocenters. The lowest BCUT2D eigenvalue weighted by atomic mass is 10.1. The number of hydrogen-bond donors (Lipinski definition) is 3. The Bertz CT molecular complexity index is 375. The standard InChI is InChI=1S/C15H23NO3/c1-12-6-8-13(9-7-12)14(17)11-16-10-4-2-3-5-15(18)19/h6-9,14,16-17H,2-5,10-11H2,1H3,(H,18,19). The van der Waals surface area contributed by atoms with Crippen LogP contribution in [0.1, 0.15) is 42.9 Å². The van der Waals surface area contributed by atoms with E-state index in [4.69, 9.17) is 5.11 Å². The van der Waals surface area contributed by atoms with Crippen molar-refractivity contribution >= 4 is 5.97 Å². The van der Waals surface area contributed by atoms with E-state index < -0.39 is 12.1 Å². The van der Waals surface area contributed by atoms with E-state index in [1.165, 1.54) is 5.56 Å². The van der Waals surface area contributed by atoms with Crippen molar-refractivity contribution in [3.63, 3.8) is 0 Å². The highest BCUT2D eigenvalue weighted by Crippen LogP contribution is 2.12. The van der Waals surface area contributed by atoms with Gasteiger partial charge in [0.05, 0.1) is 6.10 Å². The van der Waals surface area contributed by atoms with Crippen LogP contribution in [0.5, 0.6) is 0 Å². The maximum absolute atomic E-state index is 10.3. The van der Waals surface area contributed by atoms with Gasteiger partial charge in [0.25, 0.3) is 0 Å². The van der Waals surface area contributed by atoms with Crippen molar-refractivity contribution in [1.82, 2.24) is 5.32 Å². The first kappa shape index (κ1) is 15.7. The summed E-state index contributed by atoms with van der Waals surface area (Å²) in [4.78, 5) is 10.3. The van der Waals surface area contributed by atoms with E-state index >= 15 is 0 Å². The predicted octanol–water partition coefficient (Wildman–Crippen LogP) is 2.26. The van der Waals surface area contributed by atoms with Gasteiger partial charge in [0.2, 0.25) is 0 Å². The number of nitrogens with one attached hydrogen (secondary N) is 1. The average molecular weight is 265 g/mol. The molecule has 0 aliphatic rings. The van der Waals surface area contributed by atoms with Crippen molar-refractivity contribution in [1.29, 1.82) is 0 Å². The fourth-order valence-corrected chi connectivity index (χ4v) is 1.85. The lowest BCUT2D eigenvalue weighted by molar-refractivity contribution is -0.137. The normalized spacial score (nSPS) is 12.3. The minimum Gasteiger partial charge on any atom is -0.481 e. The van der Waals surface area contributed by atoms with Crippen molar-refractivity contribution in [2.75, 3.05) is 13.1 Å². The van der Waals surface area contributed by atoms with E-state index in [0.29, 0.717) is 6.54 Å². The minimum absolute atomic E-state index is 0.242. The van der Waals surface area contributed by atoms with Crippen LogP contribution in [-0.2, 0) is 4.79 Å².